The number of ether oxygens (including phenoxy) is 1. The van der Waals surface area contributed by atoms with Crippen molar-refractivity contribution in [1.82, 2.24) is 4.98 Å². The van der Waals surface area contributed by atoms with Crippen LogP contribution in [-0.4, -0.2) is 16.1 Å². The first-order valence-corrected chi connectivity index (χ1v) is 6.33. The summed E-state index contributed by atoms with van der Waals surface area (Å²) in [6.45, 7) is 0. The minimum absolute atomic E-state index is 0.375. The van der Waals surface area contributed by atoms with E-state index in [1.54, 1.807) is 6.07 Å². The molecule has 0 saturated heterocycles. The maximum Gasteiger partial charge on any atom is 0.328 e. The number of hydrogen-bond acceptors (Lipinski definition) is 3. The number of nitrogens with zero attached hydrogens (tertiary/aromatic N) is 1. The van der Waals surface area contributed by atoms with E-state index in [0.717, 1.165) is 6.08 Å². The van der Waals surface area contributed by atoms with Crippen LogP contribution in [0.2, 0.25) is 0 Å². The molecule has 0 atom stereocenters. The Morgan fingerprint density at radius 3 is 2.85 bits per heavy atom. The highest BCUT2D eigenvalue weighted by Gasteiger charge is 2.05. The lowest BCUT2D eigenvalue weighted by atomic mass is 10.2. The molecule has 0 spiro atoms. The van der Waals surface area contributed by atoms with Gasteiger partial charge in [0.25, 0.3) is 0 Å². The lowest BCUT2D eigenvalue weighted by Gasteiger charge is -2.07. The van der Waals surface area contributed by atoms with Crippen LogP contribution >= 0.6 is 15.9 Å². The van der Waals surface area contributed by atoms with Crippen molar-refractivity contribution in [3.63, 3.8) is 0 Å². The molecule has 102 valence electrons. The second-order valence-electron chi connectivity index (χ2n) is 3.80. The zero-order valence-electron chi connectivity index (χ0n) is 10.1. The molecule has 0 aliphatic carbocycles. The van der Waals surface area contributed by atoms with Crippen LogP contribution < -0.4 is 4.74 Å². The molecule has 6 heteroatoms. The molecule has 0 unspecified atom stereocenters. The van der Waals surface area contributed by atoms with Gasteiger partial charge in [-0.3, -0.25) is 4.98 Å². The largest absolute Gasteiger partial charge is 0.478 e. The Balaban J connectivity index is 2.21. The standard InChI is InChI=1S/C14H9BrFNO3/c15-12-6-10(16)2-3-13(12)20-11-5-9(7-17-8-11)1-4-14(18)19/h1-8H,(H,18,19)/b4-1+. The molecule has 1 aromatic heterocycles. The Bertz CT molecular complexity index is 673. The van der Waals surface area contributed by atoms with Crippen molar-refractivity contribution in [2.75, 3.05) is 0 Å². The van der Waals surface area contributed by atoms with Crippen molar-refractivity contribution in [3.05, 3.63) is 58.6 Å². The Morgan fingerprint density at radius 1 is 1.35 bits per heavy atom. The number of rotatable bonds is 4. The average Bonchev–Trinajstić information content (AvgIpc) is 2.40. The van der Waals surface area contributed by atoms with Crippen LogP contribution in [0.15, 0.2) is 47.2 Å². The fraction of sp³-hybridized carbons (Fsp3) is 0. The van der Waals surface area contributed by atoms with Crippen LogP contribution in [0.3, 0.4) is 0 Å². The quantitative estimate of drug-likeness (QED) is 0.860. The molecule has 0 saturated carbocycles. The summed E-state index contributed by atoms with van der Waals surface area (Å²) < 4.78 is 19.0. The molecule has 0 aliphatic heterocycles. The minimum Gasteiger partial charge on any atom is -0.478 e. The third kappa shape index (κ3) is 3.89. The van der Waals surface area contributed by atoms with Crippen LogP contribution in [0.25, 0.3) is 6.08 Å². The second kappa shape index (κ2) is 6.29. The van der Waals surface area contributed by atoms with Gasteiger partial charge in [0.1, 0.15) is 17.3 Å². The first-order chi connectivity index (χ1) is 9.54. The van der Waals surface area contributed by atoms with Crippen molar-refractivity contribution in [1.29, 1.82) is 0 Å². The summed E-state index contributed by atoms with van der Waals surface area (Å²) in [5.74, 6) is -0.560. The van der Waals surface area contributed by atoms with Gasteiger partial charge >= 0.3 is 5.97 Å². The van der Waals surface area contributed by atoms with E-state index in [1.165, 1.54) is 36.7 Å². The van der Waals surface area contributed by atoms with Crippen LogP contribution in [0.1, 0.15) is 5.56 Å². The molecule has 1 heterocycles. The highest BCUT2D eigenvalue weighted by Crippen LogP contribution is 2.30. The fourth-order valence-corrected chi connectivity index (χ4v) is 1.87. The average molecular weight is 338 g/mol. The Labute approximate surface area is 122 Å². The Morgan fingerprint density at radius 2 is 2.15 bits per heavy atom. The van der Waals surface area contributed by atoms with E-state index in [9.17, 15) is 9.18 Å². The number of aliphatic carboxylic acids is 1. The van der Waals surface area contributed by atoms with E-state index in [2.05, 4.69) is 20.9 Å². The zero-order valence-corrected chi connectivity index (χ0v) is 11.7. The van der Waals surface area contributed by atoms with Crippen LogP contribution in [-0.2, 0) is 4.79 Å². The molecule has 1 N–H and O–H groups in total. The monoisotopic (exact) mass is 337 g/mol. The third-order valence-electron chi connectivity index (χ3n) is 2.27. The predicted octanol–water partition coefficient (Wildman–Crippen LogP) is 3.87. The summed E-state index contributed by atoms with van der Waals surface area (Å²) in [6, 6.07) is 5.68. The van der Waals surface area contributed by atoms with Crippen LogP contribution in [0.4, 0.5) is 4.39 Å². The van der Waals surface area contributed by atoms with Gasteiger partial charge < -0.3 is 9.84 Å². The molecule has 0 radical (unpaired) electrons. The SMILES string of the molecule is O=C(O)/C=C/c1cncc(Oc2ccc(F)cc2Br)c1. The van der Waals surface area contributed by atoms with Gasteiger partial charge in [0.15, 0.2) is 0 Å². The first kappa shape index (κ1) is 14.2. The second-order valence-corrected chi connectivity index (χ2v) is 4.66. The molecule has 0 bridgehead atoms. The Kier molecular flexibility index (Phi) is 4.47. The number of benzene rings is 1. The molecule has 2 aromatic rings. The van der Waals surface area contributed by atoms with Gasteiger partial charge in [-0.05, 0) is 51.8 Å². The number of halogens is 2. The van der Waals surface area contributed by atoms with Crippen LogP contribution in [0, 0.1) is 5.82 Å². The first-order valence-electron chi connectivity index (χ1n) is 5.53. The fourth-order valence-electron chi connectivity index (χ4n) is 1.44. The van der Waals surface area contributed by atoms with Crippen molar-refractivity contribution in [2.24, 2.45) is 0 Å². The van der Waals surface area contributed by atoms with E-state index in [-0.39, 0.29) is 5.82 Å². The van der Waals surface area contributed by atoms with Gasteiger partial charge in [0, 0.05) is 12.3 Å². The van der Waals surface area contributed by atoms with Gasteiger partial charge in [-0.25, -0.2) is 9.18 Å². The summed E-state index contributed by atoms with van der Waals surface area (Å²) >= 11 is 3.20. The number of hydrogen-bond donors (Lipinski definition) is 1. The van der Waals surface area contributed by atoms with Crippen molar-refractivity contribution < 1.29 is 19.0 Å². The van der Waals surface area contributed by atoms with Gasteiger partial charge in [0.05, 0.1) is 10.7 Å². The molecule has 2 rings (SSSR count). The summed E-state index contributed by atoms with van der Waals surface area (Å²) in [5, 5.41) is 8.56. The molecule has 0 fully saturated rings. The maximum absolute atomic E-state index is 13.0. The maximum atomic E-state index is 13.0. The van der Waals surface area contributed by atoms with Gasteiger partial charge in [-0.1, -0.05) is 0 Å². The van der Waals surface area contributed by atoms with E-state index in [4.69, 9.17) is 9.84 Å². The topological polar surface area (TPSA) is 59.4 Å². The molecular weight excluding hydrogens is 329 g/mol. The number of pyridine rings is 1. The van der Waals surface area contributed by atoms with Crippen molar-refractivity contribution >= 4 is 28.0 Å². The zero-order chi connectivity index (χ0) is 14.5. The van der Waals surface area contributed by atoms with E-state index >= 15 is 0 Å². The molecule has 0 aliphatic rings. The van der Waals surface area contributed by atoms with Gasteiger partial charge in [-0.15, -0.1) is 0 Å². The summed E-state index contributed by atoms with van der Waals surface area (Å²) in [6.07, 6.45) is 5.40. The van der Waals surface area contributed by atoms with E-state index in [0.29, 0.717) is 21.5 Å². The van der Waals surface area contributed by atoms with Crippen molar-refractivity contribution in [2.45, 2.75) is 0 Å². The smallest absolute Gasteiger partial charge is 0.328 e. The number of aromatic nitrogens is 1. The summed E-state index contributed by atoms with van der Waals surface area (Å²) in [5.41, 5.74) is 0.586. The number of carbonyl (C=O) groups is 1. The molecule has 20 heavy (non-hydrogen) atoms. The minimum atomic E-state index is -1.04. The van der Waals surface area contributed by atoms with E-state index < -0.39 is 5.97 Å². The molecular formula is C14H9BrFNO3. The predicted molar refractivity (Wildman–Crippen MR) is 75.1 cm³/mol. The van der Waals surface area contributed by atoms with Gasteiger partial charge in [-0.2, -0.15) is 0 Å². The number of carboxylic acids is 1. The molecule has 4 nitrogen and oxygen atoms in total. The molecule has 1 aromatic carbocycles. The lowest BCUT2D eigenvalue weighted by Crippen LogP contribution is -1.89. The normalized spacial score (nSPS) is 10.7. The highest BCUT2D eigenvalue weighted by atomic mass is 79.9. The van der Waals surface area contributed by atoms with Gasteiger partial charge in [0.2, 0.25) is 0 Å². The highest BCUT2D eigenvalue weighted by molar-refractivity contribution is 9.10. The van der Waals surface area contributed by atoms with Crippen LogP contribution in [0.5, 0.6) is 11.5 Å². The lowest BCUT2D eigenvalue weighted by molar-refractivity contribution is -0.131. The van der Waals surface area contributed by atoms with E-state index in [1.807, 2.05) is 0 Å². The summed E-state index contributed by atoms with van der Waals surface area (Å²) in [7, 11) is 0. The third-order valence-corrected chi connectivity index (χ3v) is 2.89. The molecule has 0 amide bonds. The van der Waals surface area contributed by atoms with Crippen molar-refractivity contribution in [3.8, 4) is 11.5 Å². The Hall–Kier alpha value is -2.21. The number of carboxylic acid groups (broad SMARTS) is 1. The summed E-state index contributed by atoms with van der Waals surface area (Å²) in [4.78, 5) is 14.4.